The van der Waals surface area contributed by atoms with Crippen molar-refractivity contribution in [1.29, 1.82) is 0 Å². The quantitative estimate of drug-likeness (QED) is 0.493. The molecule has 3 nitrogen and oxygen atoms in total. The lowest BCUT2D eigenvalue weighted by Crippen LogP contribution is -2.17. The van der Waals surface area contributed by atoms with Crippen LogP contribution in [0.2, 0.25) is 5.02 Å². The molecule has 0 saturated carbocycles. The van der Waals surface area contributed by atoms with Crippen molar-refractivity contribution in [1.82, 2.24) is 0 Å². The first-order valence-corrected chi connectivity index (χ1v) is 7.97. The molecule has 0 aliphatic heterocycles. The summed E-state index contributed by atoms with van der Waals surface area (Å²) < 4.78 is 12.2. The van der Waals surface area contributed by atoms with E-state index >= 15 is 0 Å². The lowest BCUT2D eigenvalue weighted by Gasteiger charge is -2.09. The predicted octanol–water partition coefficient (Wildman–Crippen LogP) is 5.16. The Balaban J connectivity index is 1.94. The van der Waals surface area contributed by atoms with Gasteiger partial charge in [-0.3, -0.25) is 0 Å². The van der Waals surface area contributed by atoms with E-state index in [0.717, 1.165) is 10.0 Å². The van der Waals surface area contributed by atoms with Gasteiger partial charge in [0.1, 0.15) is 11.5 Å². The fourth-order valence-corrected chi connectivity index (χ4v) is 2.57. The number of rotatable bonds is 4. The second-order valence-corrected chi connectivity index (χ2v) is 6.39. The molecule has 0 bridgehead atoms. The van der Waals surface area contributed by atoms with Gasteiger partial charge >= 0.3 is 5.97 Å². The maximum absolute atomic E-state index is 11.8. The molecule has 2 aromatic rings. The molecule has 21 heavy (non-hydrogen) atoms. The van der Waals surface area contributed by atoms with Gasteiger partial charge in [-0.15, -0.1) is 0 Å². The Morgan fingerprint density at radius 1 is 1.14 bits per heavy atom. The number of carbonyl (C=O) groups excluding carboxylic acids is 1. The van der Waals surface area contributed by atoms with Crippen LogP contribution in [0.4, 0.5) is 0 Å². The van der Waals surface area contributed by atoms with Crippen molar-refractivity contribution < 1.29 is 14.3 Å². The SMILES string of the molecule is Cc1cc(OCC(=O)Oc2ccc(Cl)cc2Br)ccc1Br. The minimum absolute atomic E-state index is 0.170. The number of hydrogen-bond acceptors (Lipinski definition) is 3. The highest BCUT2D eigenvalue weighted by molar-refractivity contribution is 9.10. The van der Waals surface area contributed by atoms with Gasteiger partial charge in [0.15, 0.2) is 6.61 Å². The Hall–Kier alpha value is -1.04. The fraction of sp³-hybridized carbons (Fsp3) is 0.133. The van der Waals surface area contributed by atoms with Gasteiger partial charge in [0.05, 0.1) is 4.47 Å². The van der Waals surface area contributed by atoms with Crippen LogP contribution in [-0.4, -0.2) is 12.6 Å². The number of hydrogen-bond donors (Lipinski definition) is 0. The van der Waals surface area contributed by atoms with Crippen LogP contribution in [0.1, 0.15) is 5.56 Å². The van der Waals surface area contributed by atoms with Gasteiger partial charge < -0.3 is 9.47 Å². The molecule has 0 aliphatic carbocycles. The Morgan fingerprint density at radius 2 is 1.90 bits per heavy atom. The molecule has 0 amide bonds. The van der Waals surface area contributed by atoms with Gasteiger partial charge in [0, 0.05) is 9.50 Å². The maximum atomic E-state index is 11.8. The average Bonchev–Trinajstić information content (AvgIpc) is 2.43. The van der Waals surface area contributed by atoms with Crippen LogP contribution in [0.3, 0.4) is 0 Å². The number of carbonyl (C=O) groups is 1. The van der Waals surface area contributed by atoms with Crippen LogP contribution in [0.25, 0.3) is 0 Å². The molecule has 2 rings (SSSR count). The minimum Gasteiger partial charge on any atom is -0.482 e. The molecular formula is C15H11Br2ClO3. The Morgan fingerprint density at radius 3 is 2.57 bits per heavy atom. The summed E-state index contributed by atoms with van der Waals surface area (Å²) in [4.78, 5) is 11.8. The minimum atomic E-state index is -0.487. The molecule has 6 heteroatoms. The van der Waals surface area contributed by atoms with E-state index in [0.29, 0.717) is 21.0 Å². The van der Waals surface area contributed by atoms with Gasteiger partial charge in [-0.2, -0.15) is 0 Å². The van der Waals surface area contributed by atoms with E-state index in [9.17, 15) is 4.79 Å². The van der Waals surface area contributed by atoms with Crippen molar-refractivity contribution in [2.45, 2.75) is 6.92 Å². The molecule has 110 valence electrons. The molecule has 0 spiro atoms. The molecule has 0 fully saturated rings. The van der Waals surface area contributed by atoms with Gasteiger partial charge in [0.25, 0.3) is 0 Å². The molecule has 0 saturated heterocycles. The highest BCUT2D eigenvalue weighted by Gasteiger charge is 2.10. The smallest absolute Gasteiger partial charge is 0.349 e. The summed E-state index contributed by atoms with van der Waals surface area (Å²) in [6.45, 7) is 1.77. The molecule has 0 N–H and O–H groups in total. The number of halogens is 3. The second-order valence-electron chi connectivity index (χ2n) is 4.25. The van der Waals surface area contributed by atoms with Crippen molar-refractivity contribution in [3.8, 4) is 11.5 Å². The van der Waals surface area contributed by atoms with Gasteiger partial charge in [0.2, 0.25) is 0 Å². The molecule has 0 atom stereocenters. The van der Waals surface area contributed by atoms with Crippen molar-refractivity contribution in [3.63, 3.8) is 0 Å². The lowest BCUT2D eigenvalue weighted by molar-refractivity contribution is -0.136. The molecule has 0 radical (unpaired) electrons. The molecule has 2 aromatic carbocycles. The maximum Gasteiger partial charge on any atom is 0.349 e. The lowest BCUT2D eigenvalue weighted by atomic mass is 10.2. The second kappa shape index (κ2) is 7.29. The molecule has 0 aromatic heterocycles. The zero-order valence-electron chi connectivity index (χ0n) is 11.0. The summed E-state index contributed by atoms with van der Waals surface area (Å²) in [5.41, 5.74) is 1.03. The Kier molecular flexibility index (Phi) is 5.67. The van der Waals surface area contributed by atoms with Crippen LogP contribution in [0, 0.1) is 6.92 Å². The van der Waals surface area contributed by atoms with E-state index in [-0.39, 0.29) is 6.61 Å². The standard InChI is InChI=1S/C15H11Br2ClO3/c1-9-6-11(3-4-12(9)16)20-8-15(19)21-14-5-2-10(18)7-13(14)17/h2-7H,8H2,1H3. The van der Waals surface area contributed by atoms with E-state index in [1.54, 1.807) is 24.3 Å². The Bertz CT molecular complexity index is 674. The van der Waals surface area contributed by atoms with Crippen molar-refractivity contribution >= 4 is 49.4 Å². The topological polar surface area (TPSA) is 35.5 Å². The summed E-state index contributed by atoms with van der Waals surface area (Å²) in [5.74, 6) is 0.529. The molecule has 0 unspecified atom stereocenters. The van der Waals surface area contributed by atoms with Crippen LogP contribution in [-0.2, 0) is 4.79 Å². The summed E-state index contributed by atoms with van der Waals surface area (Å²) in [5, 5.41) is 0.559. The van der Waals surface area contributed by atoms with E-state index < -0.39 is 5.97 Å². The first-order chi connectivity index (χ1) is 9.95. The fourth-order valence-electron chi connectivity index (χ4n) is 1.56. The monoisotopic (exact) mass is 432 g/mol. The molecular weight excluding hydrogens is 423 g/mol. The highest BCUT2D eigenvalue weighted by atomic mass is 79.9. The van der Waals surface area contributed by atoms with E-state index in [2.05, 4.69) is 31.9 Å². The number of aryl methyl sites for hydroxylation is 1. The van der Waals surface area contributed by atoms with Crippen LogP contribution >= 0.6 is 43.5 Å². The largest absolute Gasteiger partial charge is 0.482 e. The van der Waals surface area contributed by atoms with Crippen molar-refractivity contribution in [3.05, 3.63) is 55.9 Å². The molecule has 0 aliphatic rings. The van der Waals surface area contributed by atoms with Crippen LogP contribution < -0.4 is 9.47 Å². The number of esters is 1. The molecule has 0 heterocycles. The average molecular weight is 435 g/mol. The van der Waals surface area contributed by atoms with E-state index in [1.165, 1.54) is 0 Å². The zero-order valence-corrected chi connectivity index (χ0v) is 15.0. The third-order valence-corrected chi connectivity index (χ3v) is 4.35. The third kappa shape index (κ3) is 4.73. The normalized spacial score (nSPS) is 10.3. The van der Waals surface area contributed by atoms with E-state index in [4.69, 9.17) is 21.1 Å². The summed E-state index contributed by atoms with van der Waals surface area (Å²) >= 11 is 12.5. The van der Waals surface area contributed by atoms with Crippen molar-refractivity contribution in [2.75, 3.05) is 6.61 Å². The summed E-state index contributed by atoms with van der Waals surface area (Å²) in [6, 6.07) is 10.4. The zero-order chi connectivity index (χ0) is 15.4. The first-order valence-electron chi connectivity index (χ1n) is 6.00. The summed E-state index contributed by atoms with van der Waals surface area (Å²) in [6.07, 6.45) is 0. The van der Waals surface area contributed by atoms with Crippen LogP contribution in [0.5, 0.6) is 11.5 Å². The number of ether oxygens (including phenoxy) is 2. The van der Waals surface area contributed by atoms with Gasteiger partial charge in [-0.05, 0) is 64.8 Å². The highest BCUT2D eigenvalue weighted by Crippen LogP contribution is 2.28. The van der Waals surface area contributed by atoms with Gasteiger partial charge in [-0.1, -0.05) is 27.5 Å². The van der Waals surface area contributed by atoms with Gasteiger partial charge in [-0.25, -0.2) is 4.79 Å². The Labute approximate surface area is 144 Å². The predicted molar refractivity (Wildman–Crippen MR) is 89.2 cm³/mol. The summed E-state index contributed by atoms with van der Waals surface area (Å²) in [7, 11) is 0. The van der Waals surface area contributed by atoms with E-state index in [1.807, 2.05) is 19.1 Å². The third-order valence-electron chi connectivity index (χ3n) is 2.60. The van der Waals surface area contributed by atoms with Crippen molar-refractivity contribution in [2.24, 2.45) is 0 Å². The van der Waals surface area contributed by atoms with Crippen LogP contribution in [0.15, 0.2) is 45.3 Å². The first kappa shape index (κ1) is 16.3. The number of benzene rings is 2.